The van der Waals surface area contributed by atoms with Crippen LogP contribution in [0.15, 0.2) is 36.4 Å². The summed E-state index contributed by atoms with van der Waals surface area (Å²) in [6, 6.07) is 10.8. The van der Waals surface area contributed by atoms with Gasteiger partial charge >= 0.3 is 6.03 Å². The van der Waals surface area contributed by atoms with Crippen molar-refractivity contribution in [1.82, 2.24) is 10.2 Å². The molecule has 7 heteroatoms. The Morgan fingerprint density at radius 1 is 1.07 bits per heavy atom. The number of methoxy groups -OCH3 is 1. The smallest absolute Gasteiger partial charge is 0.325 e. The van der Waals surface area contributed by atoms with Gasteiger partial charge in [0.1, 0.15) is 0 Å². The molecule has 0 fully saturated rings. The van der Waals surface area contributed by atoms with E-state index in [0.29, 0.717) is 36.9 Å². The maximum atomic E-state index is 12.4. The maximum absolute atomic E-state index is 12.4. The standard InChI is InChI=1S/C23H31N3O4/c1-6-26(14-18-11-12-20(30-7-2)21(13-18)29-5)15-22(27)25-23(28)24-19-10-8-9-16(3)17(19)4/h8-13H,6-7,14-15H2,1-5H3,(H2,24,25,27,28). The first kappa shape index (κ1) is 23.2. The fourth-order valence-corrected chi connectivity index (χ4v) is 3.03. The molecule has 0 aliphatic rings. The molecule has 7 nitrogen and oxygen atoms in total. The van der Waals surface area contributed by atoms with Gasteiger partial charge in [0.15, 0.2) is 11.5 Å². The van der Waals surface area contributed by atoms with E-state index in [1.807, 2.05) is 69.0 Å². The van der Waals surface area contributed by atoms with Crippen LogP contribution in [0.2, 0.25) is 0 Å². The van der Waals surface area contributed by atoms with Crippen LogP contribution in [0.5, 0.6) is 11.5 Å². The minimum Gasteiger partial charge on any atom is -0.493 e. The topological polar surface area (TPSA) is 79.9 Å². The minimum absolute atomic E-state index is 0.103. The number of carbonyl (C=O) groups is 2. The Kier molecular flexibility index (Phi) is 8.68. The molecule has 0 atom stereocenters. The molecule has 2 N–H and O–H groups in total. The fourth-order valence-electron chi connectivity index (χ4n) is 3.03. The zero-order valence-corrected chi connectivity index (χ0v) is 18.4. The number of rotatable bonds is 9. The zero-order valence-electron chi connectivity index (χ0n) is 18.4. The second-order valence-electron chi connectivity index (χ2n) is 6.97. The molecule has 0 spiro atoms. The molecule has 30 heavy (non-hydrogen) atoms. The second-order valence-corrected chi connectivity index (χ2v) is 6.97. The third kappa shape index (κ3) is 6.49. The Morgan fingerprint density at radius 3 is 2.50 bits per heavy atom. The highest BCUT2D eigenvalue weighted by Crippen LogP contribution is 2.28. The number of urea groups is 1. The quantitative estimate of drug-likeness (QED) is 0.652. The molecular weight excluding hydrogens is 382 g/mol. The van der Waals surface area contributed by atoms with Crippen molar-refractivity contribution in [1.29, 1.82) is 0 Å². The van der Waals surface area contributed by atoms with Crippen LogP contribution in [0.25, 0.3) is 0 Å². The molecular formula is C23H31N3O4. The van der Waals surface area contributed by atoms with Crippen molar-refractivity contribution >= 4 is 17.6 Å². The van der Waals surface area contributed by atoms with Crippen LogP contribution in [0.3, 0.4) is 0 Å². The molecule has 0 unspecified atom stereocenters. The summed E-state index contributed by atoms with van der Waals surface area (Å²) >= 11 is 0. The van der Waals surface area contributed by atoms with Crippen molar-refractivity contribution in [2.75, 3.05) is 32.1 Å². The Balaban J connectivity index is 1.94. The summed E-state index contributed by atoms with van der Waals surface area (Å²) in [7, 11) is 1.60. The van der Waals surface area contributed by atoms with E-state index >= 15 is 0 Å². The summed E-state index contributed by atoms with van der Waals surface area (Å²) in [5.74, 6) is 0.980. The minimum atomic E-state index is -0.535. The van der Waals surface area contributed by atoms with Crippen molar-refractivity contribution in [3.63, 3.8) is 0 Å². The van der Waals surface area contributed by atoms with E-state index in [0.717, 1.165) is 16.7 Å². The highest BCUT2D eigenvalue weighted by Gasteiger charge is 2.15. The molecule has 0 aromatic heterocycles. The largest absolute Gasteiger partial charge is 0.493 e. The van der Waals surface area contributed by atoms with Crippen molar-refractivity contribution in [3.05, 3.63) is 53.1 Å². The molecule has 0 saturated carbocycles. The van der Waals surface area contributed by atoms with Gasteiger partial charge in [-0.15, -0.1) is 0 Å². The number of amides is 3. The fraction of sp³-hybridized carbons (Fsp3) is 0.391. The van der Waals surface area contributed by atoms with Gasteiger partial charge in [-0.25, -0.2) is 4.79 Å². The highest BCUT2D eigenvalue weighted by atomic mass is 16.5. The number of carbonyl (C=O) groups excluding carboxylic acids is 2. The normalized spacial score (nSPS) is 10.6. The van der Waals surface area contributed by atoms with Gasteiger partial charge in [-0.2, -0.15) is 0 Å². The van der Waals surface area contributed by atoms with Crippen molar-refractivity contribution < 1.29 is 19.1 Å². The highest BCUT2D eigenvalue weighted by molar-refractivity contribution is 6.02. The number of hydrogen-bond donors (Lipinski definition) is 2. The number of ether oxygens (including phenoxy) is 2. The zero-order chi connectivity index (χ0) is 22.1. The van der Waals surface area contributed by atoms with Crippen molar-refractivity contribution in [2.24, 2.45) is 0 Å². The third-order valence-corrected chi connectivity index (χ3v) is 4.85. The average Bonchev–Trinajstić information content (AvgIpc) is 2.72. The van der Waals surface area contributed by atoms with Gasteiger partial charge in [0, 0.05) is 12.2 Å². The Morgan fingerprint density at radius 2 is 1.83 bits per heavy atom. The number of anilines is 1. The van der Waals surface area contributed by atoms with Gasteiger partial charge in [0.05, 0.1) is 20.3 Å². The van der Waals surface area contributed by atoms with Crippen LogP contribution >= 0.6 is 0 Å². The lowest BCUT2D eigenvalue weighted by molar-refractivity contribution is -0.121. The molecule has 0 aliphatic heterocycles. The summed E-state index contributed by atoms with van der Waals surface area (Å²) in [6.07, 6.45) is 0. The number of nitrogens with zero attached hydrogens (tertiary/aromatic N) is 1. The van der Waals surface area contributed by atoms with E-state index in [4.69, 9.17) is 9.47 Å². The lowest BCUT2D eigenvalue weighted by atomic mass is 10.1. The Hall–Kier alpha value is -3.06. The Bertz CT molecular complexity index is 883. The molecule has 0 aliphatic carbocycles. The molecule has 2 aromatic rings. The van der Waals surface area contributed by atoms with Gasteiger partial charge in [-0.3, -0.25) is 15.0 Å². The van der Waals surface area contributed by atoms with Crippen LogP contribution in [-0.2, 0) is 11.3 Å². The van der Waals surface area contributed by atoms with Gasteiger partial charge in [0.2, 0.25) is 5.91 Å². The summed E-state index contributed by atoms with van der Waals surface area (Å²) in [5, 5.41) is 5.14. The maximum Gasteiger partial charge on any atom is 0.325 e. The number of benzene rings is 2. The molecule has 0 heterocycles. The summed E-state index contributed by atoms with van der Waals surface area (Å²) < 4.78 is 10.9. The monoisotopic (exact) mass is 413 g/mol. The second kappa shape index (κ2) is 11.2. The van der Waals surface area contributed by atoms with Gasteiger partial charge < -0.3 is 14.8 Å². The number of hydrogen-bond acceptors (Lipinski definition) is 5. The van der Waals surface area contributed by atoms with Gasteiger partial charge in [-0.05, 0) is 62.2 Å². The molecule has 2 rings (SSSR count). The van der Waals surface area contributed by atoms with E-state index < -0.39 is 6.03 Å². The first-order chi connectivity index (χ1) is 14.4. The SMILES string of the molecule is CCOc1ccc(CN(CC)CC(=O)NC(=O)Nc2cccc(C)c2C)cc1OC. The van der Waals surface area contributed by atoms with Crippen LogP contribution in [-0.4, -0.2) is 43.6 Å². The van der Waals surface area contributed by atoms with Gasteiger partial charge in [-0.1, -0.05) is 25.1 Å². The van der Waals surface area contributed by atoms with E-state index in [1.54, 1.807) is 7.11 Å². The first-order valence-corrected chi connectivity index (χ1v) is 10.1. The van der Waals surface area contributed by atoms with Crippen LogP contribution in [0.4, 0.5) is 10.5 Å². The summed E-state index contributed by atoms with van der Waals surface area (Å²) in [6.45, 7) is 9.64. The number of nitrogens with one attached hydrogen (secondary N) is 2. The molecule has 0 saturated heterocycles. The van der Waals surface area contributed by atoms with E-state index in [9.17, 15) is 9.59 Å². The molecule has 2 aromatic carbocycles. The first-order valence-electron chi connectivity index (χ1n) is 10.1. The molecule has 162 valence electrons. The number of likely N-dealkylation sites (N-methyl/N-ethyl adjacent to an activating group) is 1. The third-order valence-electron chi connectivity index (χ3n) is 4.85. The molecule has 0 bridgehead atoms. The van der Waals surface area contributed by atoms with Crippen LogP contribution in [0.1, 0.15) is 30.5 Å². The van der Waals surface area contributed by atoms with Gasteiger partial charge in [0.25, 0.3) is 0 Å². The molecule has 3 amide bonds. The predicted molar refractivity (Wildman–Crippen MR) is 118 cm³/mol. The average molecular weight is 414 g/mol. The molecule has 0 radical (unpaired) electrons. The lowest BCUT2D eigenvalue weighted by Gasteiger charge is -2.20. The summed E-state index contributed by atoms with van der Waals surface area (Å²) in [5.41, 5.74) is 3.72. The van der Waals surface area contributed by atoms with E-state index in [1.165, 1.54) is 0 Å². The Labute approximate surface area is 178 Å². The van der Waals surface area contributed by atoms with Crippen LogP contribution in [0, 0.1) is 13.8 Å². The number of aryl methyl sites for hydroxylation is 1. The predicted octanol–water partition coefficient (Wildman–Crippen LogP) is 3.88. The van der Waals surface area contributed by atoms with Crippen molar-refractivity contribution in [2.45, 2.75) is 34.2 Å². The lowest BCUT2D eigenvalue weighted by Crippen LogP contribution is -2.41. The summed E-state index contributed by atoms with van der Waals surface area (Å²) in [4.78, 5) is 26.5. The van der Waals surface area contributed by atoms with Crippen LogP contribution < -0.4 is 20.1 Å². The number of imide groups is 1. The van der Waals surface area contributed by atoms with E-state index in [-0.39, 0.29) is 12.5 Å². The van der Waals surface area contributed by atoms with E-state index in [2.05, 4.69) is 10.6 Å². The van der Waals surface area contributed by atoms with Crippen molar-refractivity contribution in [3.8, 4) is 11.5 Å².